The molecule has 1 aliphatic carbocycles. The molecule has 0 unspecified atom stereocenters. The number of nitrogens with one attached hydrogen (secondary N) is 1. The van der Waals surface area contributed by atoms with Crippen molar-refractivity contribution in [3.8, 4) is 11.8 Å². The summed E-state index contributed by atoms with van der Waals surface area (Å²) in [5.74, 6) is 6.45. The van der Waals surface area contributed by atoms with E-state index in [9.17, 15) is 4.79 Å². The highest BCUT2D eigenvalue weighted by Crippen LogP contribution is 2.27. The number of carbonyl (C=O) groups is 1. The van der Waals surface area contributed by atoms with Crippen LogP contribution in [0.5, 0.6) is 0 Å². The first kappa shape index (κ1) is 7.30. The zero-order valence-corrected chi connectivity index (χ0v) is 6.05. The molecule has 0 spiro atoms. The van der Waals surface area contributed by atoms with Gasteiger partial charge < -0.3 is 10.1 Å². The van der Waals surface area contributed by atoms with Gasteiger partial charge in [0.2, 0.25) is 0 Å². The lowest BCUT2D eigenvalue weighted by molar-refractivity contribution is -0.108. The molecule has 1 N–H and O–H groups in total. The first-order valence-corrected chi connectivity index (χ1v) is 3.50. The summed E-state index contributed by atoms with van der Waals surface area (Å²) in [7, 11) is 1.74. The maximum atomic E-state index is 10.2. The highest BCUT2D eigenvalue weighted by atomic mass is 16.1. The van der Waals surface area contributed by atoms with Crippen LogP contribution in [0.15, 0.2) is 0 Å². The minimum atomic E-state index is -0.263. The van der Waals surface area contributed by atoms with E-state index < -0.39 is 0 Å². The predicted octanol–water partition coefficient (Wildman–Crippen LogP) is 0.187. The molecule has 1 fully saturated rings. The van der Waals surface area contributed by atoms with Crippen molar-refractivity contribution < 1.29 is 4.79 Å². The Morgan fingerprint density at radius 3 is 2.80 bits per heavy atom. The van der Waals surface area contributed by atoms with E-state index in [-0.39, 0.29) is 6.04 Å². The summed E-state index contributed by atoms with van der Waals surface area (Å²) >= 11 is 0. The molecule has 0 saturated heterocycles. The van der Waals surface area contributed by atoms with Gasteiger partial charge in [0.15, 0.2) is 0 Å². The number of hydrogen-bond acceptors (Lipinski definition) is 2. The van der Waals surface area contributed by atoms with Gasteiger partial charge in [0.25, 0.3) is 0 Å². The lowest BCUT2D eigenvalue weighted by Crippen LogP contribution is -2.24. The maximum absolute atomic E-state index is 10.2. The van der Waals surface area contributed by atoms with Crippen LogP contribution in [-0.2, 0) is 4.79 Å². The Bertz CT molecular complexity index is 173. The number of rotatable bonds is 2. The van der Waals surface area contributed by atoms with Crippen molar-refractivity contribution in [3.63, 3.8) is 0 Å². The molecule has 0 aromatic rings. The summed E-state index contributed by atoms with van der Waals surface area (Å²) in [6.45, 7) is 0. The van der Waals surface area contributed by atoms with Crippen LogP contribution in [0, 0.1) is 17.8 Å². The molecule has 1 atom stereocenters. The van der Waals surface area contributed by atoms with Crippen molar-refractivity contribution in [2.45, 2.75) is 18.9 Å². The number of likely N-dealkylation sites (N-methyl/N-ethyl adjacent to an activating group) is 1. The minimum Gasteiger partial charge on any atom is -0.301 e. The van der Waals surface area contributed by atoms with Crippen LogP contribution in [0.1, 0.15) is 12.8 Å². The normalized spacial score (nSPS) is 18.9. The van der Waals surface area contributed by atoms with E-state index >= 15 is 0 Å². The minimum absolute atomic E-state index is 0.263. The van der Waals surface area contributed by atoms with E-state index in [0.717, 1.165) is 6.29 Å². The van der Waals surface area contributed by atoms with E-state index in [2.05, 4.69) is 17.2 Å². The second-order valence-electron chi connectivity index (χ2n) is 2.47. The molecule has 0 bridgehead atoms. The molecule has 10 heavy (non-hydrogen) atoms. The topological polar surface area (TPSA) is 29.1 Å². The van der Waals surface area contributed by atoms with E-state index in [1.807, 2.05) is 0 Å². The van der Waals surface area contributed by atoms with Gasteiger partial charge in [0.05, 0.1) is 0 Å². The van der Waals surface area contributed by atoms with E-state index in [1.54, 1.807) is 7.05 Å². The first-order valence-electron chi connectivity index (χ1n) is 3.50. The average molecular weight is 137 g/mol. The second kappa shape index (κ2) is 3.38. The largest absolute Gasteiger partial charge is 0.301 e. The molecular formula is C8H11NO. The average Bonchev–Trinajstić information content (AvgIpc) is 2.74. The number of hydrogen-bond donors (Lipinski definition) is 1. The fraction of sp³-hybridized carbons (Fsp3) is 0.625. The van der Waals surface area contributed by atoms with Crippen LogP contribution in [0.25, 0.3) is 0 Å². The van der Waals surface area contributed by atoms with Crippen molar-refractivity contribution in [2.75, 3.05) is 7.05 Å². The Morgan fingerprint density at radius 2 is 2.40 bits per heavy atom. The zero-order chi connectivity index (χ0) is 7.40. The monoisotopic (exact) mass is 137 g/mol. The van der Waals surface area contributed by atoms with Gasteiger partial charge in [0.1, 0.15) is 12.3 Å². The van der Waals surface area contributed by atoms with Gasteiger partial charge in [-0.2, -0.15) is 0 Å². The molecule has 54 valence electrons. The molecule has 1 rings (SSSR count). The van der Waals surface area contributed by atoms with Gasteiger partial charge in [-0.3, -0.25) is 0 Å². The molecule has 0 heterocycles. The van der Waals surface area contributed by atoms with Gasteiger partial charge in [-0.15, -0.1) is 0 Å². The van der Waals surface area contributed by atoms with Crippen molar-refractivity contribution in [1.82, 2.24) is 5.32 Å². The fourth-order valence-electron chi connectivity index (χ4n) is 0.610. The van der Waals surface area contributed by atoms with Crippen molar-refractivity contribution in [3.05, 3.63) is 0 Å². The van der Waals surface area contributed by atoms with Crippen LogP contribution < -0.4 is 5.32 Å². The second-order valence-corrected chi connectivity index (χ2v) is 2.47. The van der Waals surface area contributed by atoms with E-state index in [4.69, 9.17) is 0 Å². The lowest BCUT2D eigenvalue weighted by Gasteiger charge is -1.95. The van der Waals surface area contributed by atoms with E-state index in [1.165, 1.54) is 12.8 Å². The SMILES string of the molecule is CN[C@@H](C#CC1CC1)C=O. The first-order chi connectivity index (χ1) is 4.86. The summed E-state index contributed by atoms with van der Waals surface area (Å²) in [5, 5.41) is 2.79. The third-order valence-corrected chi connectivity index (χ3v) is 1.47. The smallest absolute Gasteiger partial charge is 0.149 e. The molecule has 1 saturated carbocycles. The highest BCUT2D eigenvalue weighted by molar-refractivity contribution is 5.63. The van der Waals surface area contributed by atoms with Crippen LogP contribution in [-0.4, -0.2) is 19.4 Å². The number of carbonyl (C=O) groups excluding carboxylic acids is 1. The molecular weight excluding hydrogens is 126 g/mol. The molecule has 1 aliphatic rings. The lowest BCUT2D eigenvalue weighted by atomic mass is 10.3. The standard InChI is InChI=1S/C8H11NO/c1-9-8(6-10)5-4-7-2-3-7/h6-9H,2-3H2,1H3/t8-/m0/s1. The zero-order valence-electron chi connectivity index (χ0n) is 6.05. The number of aldehydes is 1. The summed E-state index contributed by atoms with van der Waals surface area (Å²) in [6, 6.07) is -0.263. The summed E-state index contributed by atoms with van der Waals surface area (Å²) in [5.41, 5.74) is 0. The maximum Gasteiger partial charge on any atom is 0.149 e. The van der Waals surface area contributed by atoms with Gasteiger partial charge in [0, 0.05) is 5.92 Å². The summed E-state index contributed by atoms with van der Waals surface area (Å²) in [4.78, 5) is 10.2. The van der Waals surface area contributed by atoms with Crippen LogP contribution in [0.4, 0.5) is 0 Å². The Morgan fingerprint density at radius 1 is 1.70 bits per heavy atom. The van der Waals surface area contributed by atoms with E-state index in [0.29, 0.717) is 5.92 Å². The fourth-order valence-corrected chi connectivity index (χ4v) is 0.610. The summed E-state index contributed by atoms with van der Waals surface area (Å²) in [6.07, 6.45) is 3.25. The molecule has 2 nitrogen and oxygen atoms in total. The molecule has 0 aromatic carbocycles. The Balaban J connectivity index is 2.33. The quantitative estimate of drug-likeness (QED) is 0.434. The molecule has 0 aromatic heterocycles. The molecule has 0 radical (unpaired) electrons. The van der Waals surface area contributed by atoms with Crippen LogP contribution in [0.3, 0.4) is 0 Å². The highest BCUT2D eigenvalue weighted by Gasteiger charge is 2.17. The van der Waals surface area contributed by atoms with Crippen molar-refractivity contribution >= 4 is 6.29 Å². The van der Waals surface area contributed by atoms with Crippen LogP contribution >= 0.6 is 0 Å². The Kier molecular flexibility index (Phi) is 2.47. The van der Waals surface area contributed by atoms with Crippen LogP contribution in [0.2, 0.25) is 0 Å². The van der Waals surface area contributed by atoms with Gasteiger partial charge in [-0.1, -0.05) is 11.8 Å². The molecule has 0 aliphatic heterocycles. The van der Waals surface area contributed by atoms with Crippen molar-refractivity contribution in [1.29, 1.82) is 0 Å². The third-order valence-electron chi connectivity index (χ3n) is 1.47. The predicted molar refractivity (Wildman–Crippen MR) is 39.4 cm³/mol. The molecule has 2 heteroatoms. The van der Waals surface area contributed by atoms with Gasteiger partial charge in [-0.05, 0) is 19.9 Å². The molecule has 0 amide bonds. The summed E-state index contributed by atoms with van der Waals surface area (Å²) < 4.78 is 0. The Hall–Kier alpha value is -0.810. The van der Waals surface area contributed by atoms with Crippen molar-refractivity contribution in [2.24, 2.45) is 5.92 Å². The Labute approximate surface area is 61.0 Å². The van der Waals surface area contributed by atoms with Gasteiger partial charge >= 0.3 is 0 Å². The third kappa shape index (κ3) is 2.20. The van der Waals surface area contributed by atoms with Gasteiger partial charge in [-0.25, -0.2) is 0 Å².